The van der Waals surface area contributed by atoms with Crippen molar-refractivity contribution < 1.29 is 4.79 Å². The van der Waals surface area contributed by atoms with Crippen LogP contribution in [0.5, 0.6) is 0 Å². The third-order valence-electron chi connectivity index (χ3n) is 2.58. The molecule has 0 aromatic carbocycles. The fourth-order valence-corrected chi connectivity index (χ4v) is 1.80. The second-order valence-electron chi connectivity index (χ2n) is 3.91. The lowest BCUT2D eigenvalue weighted by molar-refractivity contribution is 0.0986. The van der Waals surface area contributed by atoms with Crippen molar-refractivity contribution in [1.29, 1.82) is 0 Å². The smallest absolute Gasteiger partial charge is 0.187 e. The van der Waals surface area contributed by atoms with E-state index in [0.717, 1.165) is 17.9 Å². The van der Waals surface area contributed by atoms with E-state index in [-0.39, 0.29) is 5.78 Å². The van der Waals surface area contributed by atoms with Gasteiger partial charge in [-0.05, 0) is 32.0 Å². The van der Waals surface area contributed by atoms with Crippen molar-refractivity contribution in [3.8, 4) is 0 Å². The fraction of sp³-hybridized carbons (Fsp3) is 0.308. The monoisotopic (exact) mass is 229 g/mol. The molecule has 0 radical (unpaired) electrons. The van der Waals surface area contributed by atoms with Gasteiger partial charge in [0, 0.05) is 18.4 Å². The Morgan fingerprint density at radius 1 is 1.41 bits per heavy atom. The number of hydrogen-bond donors (Lipinski definition) is 0. The molecule has 0 unspecified atom stereocenters. The molecule has 0 aliphatic carbocycles. The minimum absolute atomic E-state index is 0.0280. The van der Waals surface area contributed by atoms with Crippen molar-refractivity contribution >= 4 is 5.78 Å². The first-order chi connectivity index (χ1) is 8.20. The van der Waals surface area contributed by atoms with Gasteiger partial charge in [-0.15, -0.1) is 0 Å². The van der Waals surface area contributed by atoms with Crippen LogP contribution < -0.4 is 0 Å². The first kappa shape index (κ1) is 11.5. The second kappa shape index (κ2) is 4.91. The van der Waals surface area contributed by atoms with Crippen molar-refractivity contribution in [1.82, 2.24) is 14.8 Å². The molecule has 0 N–H and O–H groups in total. The van der Waals surface area contributed by atoms with Crippen molar-refractivity contribution in [3.05, 3.63) is 47.5 Å². The summed E-state index contributed by atoms with van der Waals surface area (Å²) in [5.41, 5.74) is 2.39. The van der Waals surface area contributed by atoms with Gasteiger partial charge in [-0.1, -0.05) is 6.07 Å². The van der Waals surface area contributed by atoms with Gasteiger partial charge in [-0.3, -0.25) is 14.5 Å². The topological polar surface area (TPSA) is 47.8 Å². The van der Waals surface area contributed by atoms with E-state index in [9.17, 15) is 4.79 Å². The first-order valence-corrected chi connectivity index (χ1v) is 5.68. The Balaban J connectivity index is 2.18. The highest BCUT2D eigenvalue weighted by atomic mass is 16.1. The average Bonchev–Trinajstić information content (AvgIpc) is 2.70. The van der Waals surface area contributed by atoms with Crippen molar-refractivity contribution in [2.24, 2.45) is 0 Å². The number of carbonyl (C=O) groups excluding carboxylic acids is 1. The molecular formula is C13H15N3O. The lowest BCUT2D eigenvalue weighted by atomic mass is 10.1. The molecule has 2 heterocycles. The van der Waals surface area contributed by atoms with Gasteiger partial charge >= 0.3 is 0 Å². The quantitative estimate of drug-likeness (QED) is 0.754. The highest BCUT2D eigenvalue weighted by molar-refractivity contribution is 5.95. The molecule has 2 aromatic heterocycles. The molecule has 0 bridgehead atoms. The largest absolute Gasteiger partial charge is 0.292 e. The van der Waals surface area contributed by atoms with Crippen LogP contribution in [0.3, 0.4) is 0 Å². The number of pyridine rings is 1. The summed E-state index contributed by atoms with van der Waals surface area (Å²) in [6, 6.07) is 7.31. The molecule has 0 saturated heterocycles. The van der Waals surface area contributed by atoms with E-state index in [2.05, 4.69) is 10.1 Å². The molecule has 0 fully saturated rings. The van der Waals surface area contributed by atoms with Gasteiger partial charge < -0.3 is 0 Å². The average molecular weight is 229 g/mol. The van der Waals surface area contributed by atoms with E-state index in [4.69, 9.17) is 0 Å². The number of hydrogen-bond acceptors (Lipinski definition) is 3. The minimum atomic E-state index is 0.0280. The van der Waals surface area contributed by atoms with Crippen LogP contribution in [0, 0.1) is 6.92 Å². The Labute approximate surface area is 100 Å². The predicted molar refractivity (Wildman–Crippen MR) is 64.9 cm³/mol. The molecule has 88 valence electrons. The van der Waals surface area contributed by atoms with Crippen LogP contribution >= 0.6 is 0 Å². The molecule has 17 heavy (non-hydrogen) atoms. The number of carbonyl (C=O) groups is 1. The molecule has 2 aromatic rings. The highest BCUT2D eigenvalue weighted by Crippen LogP contribution is 2.08. The van der Waals surface area contributed by atoms with Gasteiger partial charge in [-0.2, -0.15) is 5.10 Å². The summed E-state index contributed by atoms with van der Waals surface area (Å²) in [5.74, 6) is 0.0280. The number of ketones is 1. The third-order valence-corrected chi connectivity index (χ3v) is 2.58. The van der Waals surface area contributed by atoms with Crippen molar-refractivity contribution in [2.75, 3.05) is 0 Å². The van der Waals surface area contributed by atoms with Crippen LogP contribution in [0.2, 0.25) is 0 Å². The Kier molecular flexibility index (Phi) is 3.32. The summed E-state index contributed by atoms with van der Waals surface area (Å²) in [7, 11) is 0. The SMILES string of the molecule is CCn1nc(C)cc1CC(=O)c1ccccn1. The Morgan fingerprint density at radius 2 is 2.24 bits per heavy atom. The molecular weight excluding hydrogens is 214 g/mol. The second-order valence-corrected chi connectivity index (χ2v) is 3.91. The van der Waals surface area contributed by atoms with Gasteiger partial charge in [0.25, 0.3) is 0 Å². The molecule has 0 saturated carbocycles. The fourth-order valence-electron chi connectivity index (χ4n) is 1.80. The number of rotatable bonds is 4. The van der Waals surface area contributed by atoms with Crippen molar-refractivity contribution in [3.63, 3.8) is 0 Å². The van der Waals surface area contributed by atoms with E-state index < -0.39 is 0 Å². The van der Waals surface area contributed by atoms with Crippen LogP contribution in [0.1, 0.15) is 28.8 Å². The van der Waals surface area contributed by atoms with Crippen LogP contribution in [0.25, 0.3) is 0 Å². The van der Waals surface area contributed by atoms with E-state index in [1.165, 1.54) is 0 Å². The number of aryl methyl sites for hydroxylation is 2. The van der Waals surface area contributed by atoms with Gasteiger partial charge in [-0.25, -0.2) is 0 Å². The Morgan fingerprint density at radius 3 is 2.88 bits per heavy atom. The van der Waals surface area contributed by atoms with Gasteiger partial charge in [0.1, 0.15) is 5.69 Å². The summed E-state index contributed by atoms with van der Waals surface area (Å²) in [4.78, 5) is 16.0. The maximum Gasteiger partial charge on any atom is 0.187 e. The summed E-state index contributed by atoms with van der Waals surface area (Å²) >= 11 is 0. The third kappa shape index (κ3) is 2.58. The van der Waals surface area contributed by atoms with Gasteiger partial charge in [0.05, 0.1) is 12.1 Å². The summed E-state index contributed by atoms with van der Waals surface area (Å²) in [5, 5.41) is 4.32. The Bertz CT molecular complexity index is 517. The maximum absolute atomic E-state index is 12.0. The van der Waals surface area contributed by atoms with Crippen LogP contribution in [0.15, 0.2) is 30.5 Å². The van der Waals surface area contributed by atoms with Gasteiger partial charge in [0.15, 0.2) is 5.78 Å². The van der Waals surface area contributed by atoms with Crippen LogP contribution in [-0.2, 0) is 13.0 Å². The molecule has 4 heteroatoms. The van der Waals surface area contributed by atoms with Crippen LogP contribution in [0.4, 0.5) is 0 Å². The summed E-state index contributed by atoms with van der Waals surface area (Å²) in [6.45, 7) is 4.72. The molecule has 2 rings (SSSR count). The summed E-state index contributed by atoms with van der Waals surface area (Å²) in [6.07, 6.45) is 1.99. The normalized spacial score (nSPS) is 10.5. The Hall–Kier alpha value is -1.97. The number of Topliss-reactive ketones (excluding diaryl/α,β-unsaturated/α-hetero) is 1. The first-order valence-electron chi connectivity index (χ1n) is 5.68. The molecule has 4 nitrogen and oxygen atoms in total. The zero-order valence-corrected chi connectivity index (χ0v) is 10.1. The lowest BCUT2D eigenvalue weighted by Crippen LogP contribution is -2.10. The zero-order chi connectivity index (χ0) is 12.3. The highest BCUT2D eigenvalue weighted by Gasteiger charge is 2.12. The zero-order valence-electron chi connectivity index (χ0n) is 10.1. The number of aromatic nitrogens is 3. The minimum Gasteiger partial charge on any atom is -0.292 e. The molecule has 0 aliphatic heterocycles. The van der Waals surface area contributed by atoms with Crippen LogP contribution in [-0.4, -0.2) is 20.5 Å². The van der Waals surface area contributed by atoms with Gasteiger partial charge in [0.2, 0.25) is 0 Å². The van der Waals surface area contributed by atoms with E-state index in [0.29, 0.717) is 12.1 Å². The molecule has 0 spiro atoms. The van der Waals surface area contributed by atoms with E-state index >= 15 is 0 Å². The van der Waals surface area contributed by atoms with E-state index in [1.807, 2.05) is 30.7 Å². The summed E-state index contributed by atoms with van der Waals surface area (Å²) < 4.78 is 1.86. The maximum atomic E-state index is 12.0. The predicted octanol–water partition coefficient (Wildman–Crippen LogP) is 2.03. The molecule has 0 amide bonds. The number of nitrogens with zero attached hydrogens (tertiary/aromatic N) is 3. The van der Waals surface area contributed by atoms with Crippen molar-refractivity contribution in [2.45, 2.75) is 26.8 Å². The molecule has 0 aliphatic rings. The molecule has 0 atom stereocenters. The lowest BCUT2D eigenvalue weighted by Gasteiger charge is -2.03. The van der Waals surface area contributed by atoms with E-state index in [1.54, 1.807) is 18.3 Å². The standard InChI is InChI=1S/C13H15N3O/c1-3-16-11(8-10(2)15-16)9-13(17)12-6-4-5-7-14-12/h4-8H,3,9H2,1-2H3.